The van der Waals surface area contributed by atoms with Crippen LogP contribution in [0.4, 0.5) is 0 Å². The van der Waals surface area contributed by atoms with Crippen LogP contribution in [0.15, 0.2) is 52.6 Å². The number of carbonyl (C=O) groups excluding carboxylic acids is 1. The summed E-state index contributed by atoms with van der Waals surface area (Å²) in [7, 11) is 0. The predicted molar refractivity (Wildman–Crippen MR) is 99.5 cm³/mol. The van der Waals surface area contributed by atoms with Crippen molar-refractivity contribution in [1.29, 1.82) is 0 Å². The van der Waals surface area contributed by atoms with Gasteiger partial charge in [0.15, 0.2) is 6.61 Å². The van der Waals surface area contributed by atoms with E-state index >= 15 is 0 Å². The molecule has 0 saturated heterocycles. The lowest BCUT2D eigenvalue weighted by molar-refractivity contribution is -0.141. The van der Waals surface area contributed by atoms with Crippen molar-refractivity contribution in [2.75, 3.05) is 6.61 Å². The van der Waals surface area contributed by atoms with E-state index in [1.165, 1.54) is 0 Å². The molecule has 0 fully saturated rings. The Bertz CT molecular complexity index is 1050. The molecule has 1 aliphatic rings. The smallest absolute Gasteiger partial charge is 0.338 e. The number of esters is 1. The quantitative estimate of drug-likeness (QED) is 0.595. The summed E-state index contributed by atoms with van der Waals surface area (Å²) >= 11 is 11.9. The van der Waals surface area contributed by atoms with Crippen LogP contribution >= 0.6 is 23.2 Å². The molecule has 27 heavy (non-hydrogen) atoms. The summed E-state index contributed by atoms with van der Waals surface area (Å²) in [5.74, 6) is 0.688. The normalized spacial score (nSPS) is 12.7. The van der Waals surface area contributed by atoms with Gasteiger partial charge in [0.1, 0.15) is 12.4 Å². The van der Waals surface area contributed by atoms with E-state index in [2.05, 4.69) is 10.1 Å². The minimum atomic E-state index is -0.525. The minimum absolute atomic E-state index is 0.116. The maximum absolute atomic E-state index is 12.3. The Balaban J connectivity index is 1.43. The number of rotatable bonds is 4. The predicted octanol–water partition coefficient (Wildman–Crippen LogP) is 4.56. The molecule has 0 unspecified atom stereocenters. The van der Waals surface area contributed by atoms with Gasteiger partial charge in [-0.05, 0) is 36.4 Å². The van der Waals surface area contributed by atoms with E-state index in [9.17, 15) is 4.79 Å². The van der Waals surface area contributed by atoms with Gasteiger partial charge in [-0.25, -0.2) is 4.79 Å². The zero-order chi connectivity index (χ0) is 18.8. The van der Waals surface area contributed by atoms with Crippen LogP contribution in [0.5, 0.6) is 5.75 Å². The van der Waals surface area contributed by atoms with Gasteiger partial charge in [-0.1, -0.05) is 40.5 Å². The molecule has 8 heteroatoms. The summed E-state index contributed by atoms with van der Waals surface area (Å²) in [5.41, 5.74) is 1.81. The zero-order valence-corrected chi connectivity index (χ0v) is 15.3. The van der Waals surface area contributed by atoms with Gasteiger partial charge in [-0.2, -0.15) is 4.98 Å². The number of fused-ring (bicyclic) bond motifs is 1. The van der Waals surface area contributed by atoms with Gasteiger partial charge in [0.05, 0.1) is 5.57 Å². The molecule has 2 aromatic carbocycles. The topological polar surface area (TPSA) is 74.5 Å². The third-order valence-corrected chi connectivity index (χ3v) is 4.29. The van der Waals surface area contributed by atoms with E-state index in [1.807, 2.05) is 0 Å². The molecule has 3 aromatic rings. The number of aromatic nitrogens is 2. The fourth-order valence-corrected chi connectivity index (χ4v) is 2.92. The maximum atomic E-state index is 12.3. The summed E-state index contributed by atoms with van der Waals surface area (Å²) in [6.07, 6.45) is 1.69. The summed E-state index contributed by atoms with van der Waals surface area (Å²) in [4.78, 5) is 16.5. The molecule has 0 atom stereocenters. The number of hydrogen-bond donors (Lipinski definition) is 0. The van der Waals surface area contributed by atoms with Crippen molar-refractivity contribution in [1.82, 2.24) is 10.1 Å². The molecule has 4 rings (SSSR count). The van der Waals surface area contributed by atoms with Crippen molar-refractivity contribution in [3.8, 4) is 17.1 Å². The number of benzene rings is 2. The fourth-order valence-electron chi connectivity index (χ4n) is 2.54. The van der Waals surface area contributed by atoms with Crippen LogP contribution in [-0.4, -0.2) is 22.7 Å². The van der Waals surface area contributed by atoms with Gasteiger partial charge in [-0.3, -0.25) is 0 Å². The molecule has 0 amide bonds. The van der Waals surface area contributed by atoms with Crippen molar-refractivity contribution < 1.29 is 18.8 Å². The molecule has 0 bridgehead atoms. The van der Waals surface area contributed by atoms with Crippen molar-refractivity contribution in [2.45, 2.75) is 6.61 Å². The maximum Gasteiger partial charge on any atom is 0.338 e. The third-order valence-electron chi connectivity index (χ3n) is 3.82. The molecule has 2 heterocycles. The standard InChI is InChI=1S/C19H12Cl2N2O4/c20-14-3-1-2-11(7-14)18-22-17(27-23-18)10-26-19(24)13-6-12-8-15(21)4-5-16(12)25-9-13/h1-8H,9-10H2. The second-order valence-corrected chi connectivity index (χ2v) is 6.61. The Kier molecular flexibility index (Phi) is 4.83. The van der Waals surface area contributed by atoms with Crippen molar-refractivity contribution in [2.24, 2.45) is 0 Å². The van der Waals surface area contributed by atoms with E-state index in [0.29, 0.717) is 32.8 Å². The van der Waals surface area contributed by atoms with Crippen LogP contribution in [0.3, 0.4) is 0 Å². The molecular weight excluding hydrogens is 391 g/mol. The largest absolute Gasteiger partial charge is 0.488 e. The molecular formula is C19H12Cl2N2O4. The van der Waals surface area contributed by atoms with Crippen LogP contribution in [0, 0.1) is 0 Å². The molecule has 0 saturated carbocycles. The van der Waals surface area contributed by atoms with E-state index < -0.39 is 5.97 Å². The number of hydrogen-bond acceptors (Lipinski definition) is 6. The first-order chi connectivity index (χ1) is 13.1. The molecule has 1 aromatic heterocycles. The van der Waals surface area contributed by atoms with Gasteiger partial charge in [-0.15, -0.1) is 0 Å². The van der Waals surface area contributed by atoms with E-state index in [4.69, 9.17) is 37.2 Å². The number of carbonyl (C=O) groups is 1. The molecule has 136 valence electrons. The molecule has 0 radical (unpaired) electrons. The highest BCUT2D eigenvalue weighted by Gasteiger charge is 2.20. The van der Waals surface area contributed by atoms with E-state index in [1.54, 1.807) is 48.5 Å². The summed E-state index contributed by atoms with van der Waals surface area (Å²) in [5, 5.41) is 4.99. The highest BCUT2D eigenvalue weighted by molar-refractivity contribution is 6.31. The zero-order valence-electron chi connectivity index (χ0n) is 13.8. The lowest BCUT2D eigenvalue weighted by Gasteiger charge is -2.17. The molecule has 0 N–H and O–H groups in total. The molecule has 0 aliphatic carbocycles. The number of nitrogens with zero attached hydrogens (tertiary/aromatic N) is 2. The van der Waals surface area contributed by atoms with Crippen molar-refractivity contribution in [3.05, 3.63) is 69.5 Å². The van der Waals surface area contributed by atoms with Crippen molar-refractivity contribution >= 4 is 35.2 Å². The highest BCUT2D eigenvalue weighted by Crippen LogP contribution is 2.29. The third kappa shape index (κ3) is 3.97. The van der Waals surface area contributed by atoms with Gasteiger partial charge in [0, 0.05) is 21.2 Å². The lowest BCUT2D eigenvalue weighted by Crippen LogP contribution is -2.17. The van der Waals surface area contributed by atoms with E-state index in [-0.39, 0.29) is 19.1 Å². The van der Waals surface area contributed by atoms with Gasteiger partial charge in [0.25, 0.3) is 5.89 Å². The van der Waals surface area contributed by atoms with Crippen LogP contribution in [0.2, 0.25) is 10.0 Å². The van der Waals surface area contributed by atoms with Gasteiger partial charge >= 0.3 is 5.97 Å². The Morgan fingerprint density at radius 2 is 2.00 bits per heavy atom. The van der Waals surface area contributed by atoms with Crippen LogP contribution in [0.25, 0.3) is 17.5 Å². The summed E-state index contributed by atoms with van der Waals surface area (Å²) in [6, 6.07) is 12.3. The molecule has 1 aliphatic heterocycles. The summed E-state index contributed by atoms with van der Waals surface area (Å²) < 4.78 is 15.9. The van der Waals surface area contributed by atoms with Crippen LogP contribution in [0.1, 0.15) is 11.5 Å². The SMILES string of the molecule is O=C(OCc1nc(-c2cccc(Cl)c2)no1)C1=Cc2cc(Cl)ccc2OC1. The van der Waals surface area contributed by atoms with Crippen LogP contribution < -0.4 is 4.74 Å². The van der Waals surface area contributed by atoms with Gasteiger partial charge < -0.3 is 14.0 Å². The molecule has 6 nitrogen and oxygen atoms in total. The fraction of sp³-hybridized carbons (Fsp3) is 0.105. The Hall–Kier alpha value is -2.83. The average Bonchev–Trinajstić information content (AvgIpc) is 3.14. The first-order valence-corrected chi connectivity index (χ1v) is 8.72. The van der Waals surface area contributed by atoms with E-state index in [0.717, 1.165) is 5.56 Å². The van der Waals surface area contributed by atoms with Crippen LogP contribution in [-0.2, 0) is 16.1 Å². The Labute approximate surface area is 164 Å². The lowest BCUT2D eigenvalue weighted by atomic mass is 10.1. The first kappa shape index (κ1) is 17.6. The monoisotopic (exact) mass is 402 g/mol. The first-order valence-electron chi connectivity index (χ1n) is 7.97. The summed E-state index contributed by atoms with van der Waals surface area (Å²) in [6.45, 7) is -0.0306. The Morgan fingerprint density at radius 1 is 1.15 bits per heavy atom. The molecule has 0 spiro atoms. The number of halogens is 2. The second kappa shape index (κ2) is 7.42. The average molecular weight is 403 g/mol. The highest BCUT2D eigenvalue weighted by atomic mass is 35.5. The van der Waals surface area contributed by atoms with Gasteiger partial charge in [0.2, 0.25) is 5.82 Å². The van der Waals surface area contributed by atoms with Crippen molar-refractivity contribution in [3.63, 3.8) is 0 Å². The second-order valence-electron chi connectivity index (χ2n) is 5.74. The minimum Gasteiger partial charge on any atom is -0.488 e. The number of ether oxygens (including phenoxy) is 2. The Morgan fingerprint density at radius 3 is 2.85 bits per heavy atom.